The summed E-state index contributed by atoms with van der Waals surface area (Å²) in [6, 6.07) is -1.00. The number of piperidine rings is 1. The largest absolute Gasteiger partial charge is 0.465 e. The number of carbonyl (C=O) groups excluding carboxylic acids is 5. The van der Waals surface area contributed by atoms with Crippen LogP contribution < -0.4 is 0 Å². The lowest BCUT2D eigenvalue weighted by Gasteiger charge is -2.52. The molecular weight excluding hydrogens is 450 g/mol. The third kappa shape index (κ3) is 4.27. The van der Waals surface area contributed by atoms with Gasteiger partial charge in [-0.05, 0) is 44.9 Å². The third-order valence-electron chi connectivity index (χ3n) is 8.42. The molecule has 0 radical (unpaired) electrons. The summed E-state index contributed by atoms with van der Waals surface area (Å²) < 4.78 is 5.21. The molecule has 5 rings (SSSR count). The number of Topliss-reactive ketones (excluding diaryl/α,β-unsaturated/α-hetero) is 1. The lowest BCUT2D eigenvalue weighted by Crippen LogP contribution is -2.68. The van der Waals surface area contributed by atoms with E-state index in [-0.39, 0.29) is 38.4 Å². The molecule has 3 aliphatic heterocycles. The van der Waals surface area contributed by atoms with Gasteiger partial charge in [-0.2, -0.15) is 0 Å². The number of piperazine rings is 1. The van der Waals surface area contributed by atoms with Crippen LogP contribution in [0.2, 0.25) is 0 Å². The van der Waals surface area contributed by atoms with Crippen LogP contribution in [-0.2, 0) is 28.7 Å². The highest BCUT2D eigenvalue weighted by Gasteiger charge is 2.55. The predicted octanol–water partition coefficient (Wildman–Crippen LogP) is 2.53. The lowest BCUT2D eigenvalue weighted by molar-refractivity contribution is -0.165. The Hall–Kier alpha value is -2.71. The number of ketones is 1. The first-order valence-corrected chi connectivity index (χ1v) is 12.7. The van der Waals surface area contributed by atoms with Crippen LogP contribution in [0, 0.1) is 5.41 Å². The van der Waals surface area contributed by atoms with Gasteiger partial charge in [-0.1, -0.05) is 33.1 Å². The van der Waals surface area contributed by atoms with Crippen LogP contribution in [-0.4, -0.2) is 75.5 Å². The molecule has 0 aromatic carbocycles. The smallest absolute Gasteiger partial charge is 0.302 e. The van der Waals surface area contributed by atoms with Gasteiger partial charge in [0.25, 0.3) is 5.91 Å². The summed E-state index contributed by atoms with van der Waals surface area (Å²) in [5, 5.41) is 0. The fourth-order valence-electron chi connectivity index (χ4n) is 6.62. The second-order valence-electron chi connectivity index (χ2n) is 10.5. The third-order valence-corrected chi connectivity index (χ3v) is 8.42. The molecule has 2 unspecified atom stereocenters. The second-order valence-corrected chi connectivity index (χ2v) is 10.5. The molecule has 9 heteroatoms. The van der Waals surface area contributed by atoms with Crippen molar-refractivity contribution in [3.8, 4) is 0 Å². The Morgan fingerprint density at radius 2 is 1.63 bits per heavy atom. The van der Waals surface area contributed by atoms with E-state index in [9.17, 15) is 24.0 Å². The summed E-state index contributed by atoms with van der Waals surface area (Å²) in [7, 11) is 0. The number of carbonyl (C=O) groups is 5. The van der Waals surface area contributed by atoms with Gasteiger partial charge in [-0.15, -0.1) is 0 Å². The Bertz CT molecular complexity index is 947. The van der Waals surface area contributed by atoms with E-state index >= 15 is 0 Å². The fraction of sp³-hybridized carbons (Fsp3) is 0.731. The standard InChI is InChI=1S/C25H33N3O6.CH4/c1-16(29)34-15-25(11-4-5-12-25)22(31)24(33)28-18-9-6-10-19(28)23(32)27-14-21(30)26(13-20(18)27)17-7-2-3-8-17;/h13,17-19H,2-12,14-15H2,1H3;1H4. The molecule has 192 valence electrons. The summed E-state index contributed by atoms with van der Waals surface area (Å²) in [6.45, 7) is 1.20. The van der Waals surface area contributed by atoms with Crippen molar-refractivity contribution in [2.75, 3.05) is 13.2 Å². The van der Waals surface area contributed by atoms with E-state index in [0.717, 1.165) is 44.9 Å². The van der Waals surface area contributed by atoms with E-state index in [2.05, 4.69) is 0 Å². The Kier molecular flexibility index (Phi) is 7.06. The van der Waals surface area contributed by atoms with Crippen molar-refractivity contribution in [3.05, 3.63) is 11.9 Å². The molecule has 0 aromatic heterocycles. The number of hydrogen-bond acceptors (Lipinski definition) is 6. The van der Waals surface area contributed by atoms with Crippen molar-refractivity contribution in [1.82, 2.24) is 14.7 Å². The number of nitrogens with zero attached hydrogens (tertiary/aromatic N) is 3. The molecule has 2 saturated carbocycles. The topological polar surface area (TPSA) is 104 Å². The van der Waals surface area contributed by atoms with Crippen molar-refractivity contribution in [2.45, 2.75) is 103 Å². The SMILES string of the molecule is C.CC(=O)OCC1(C(=O)C(=O)N2C3CCCC2C2=CN(C4CCCC4)C(=O)CN2C3=O)CCCC1. The van der Waals surface area contributed by atoms with Crippen molar-refractivity contribution in [3.63, 3.8) is 0 Å². The molecule has 3 amide bonds. The maximum Gasteiger partial charge on any atom is 0.302 e. The lowest BCUT2D eigenvalue weighted by atomic mass is 9.80. The minimum absolute atomic E-state index is 0. The summed E-state index contributed by atoms with van der Waals surface area (Å²) in [5.41, 5.74) is -0.349. The fourth-order valence-corrected chi connectivity index (χ4v) is 6.62. The molecule has 4 fully saturated rings. The van der Waals surface area contributed by atoms with E-state index in [0.29, 0.717) is 31.4 Å². The Labute approximate surface area is 206 Å². The predicted molar refractivity (Wildman–Crippen MR) is 126 cm³/mol. The number of esters is 1. The van der Waals surface area contributed by atoms with Crippen LogP contribution in [0.15, 0.2) is 11.9 Å². The first kappa shape index (κ1) is 25.4. The van der Waals surface area contributed by atoms with Gasteiger partial charge in [-0.25, -0.2) is 0 Å². The molecular formula is C26H37N3O6. The van der Waals surface area contributed by atoms with E-state index in [1.807, 2.05) is 0 Å². The van der Waals surface area contributed by atoms with E-state index in [1.54, 1.807) is 16.0 Å². The zero-order chi connectivity index (χ0) is 24.0. The Morgan fingerprint density at radius 3 is 2.29 bits per heavy atom. The molecule has 2 atom stereocenters. The van der Waals surface area contributed by atoms with E-state index in [1.165, 1.54) is 11.8 Å². The van der Waals surface area contributed by atoms with Gasteiger partial charge in [0.1, 0.15) is 19.2 Å². The zero-order valence-corrected chi connectivity index (χ0v) is 19.8. The molecule has 5 aliphatic rings. The van der Waals surface area contributed by atoms with Crippen molar-refractivity contribution < 1.29 is 28.7 Å². The Morgan fingerprint density at radius 1 is 0.971 bits per heavy atom. The maximum absolute atomic E-state index is 13.7. The molecule has 0 aromatic rings. The molecule has 0 N–H and O–H groups in total. The van der Waals surface area contributed by atoms with Gasteiger partial charge in [-0.3, -0.25) is 24.0 Å². The highest BCUT2D eigenvalue weighted by atomic mass is 16.5. The minimum atomic E-state index is -1.01. The van der Waals surface area contributed by atoms with Crippen molar-refractivity contribution in [1.29, 1.82) is 0 Å². The minimum Gasteiger partial charge on any atom is -0.465 e. The zero-order valence-electron chi connectivity index (χ0n) is 19.8. The maximum atomic E-state index is 13.7. The molecule has 2 saturated heterocycles. The molecule has 2 bridgehead atoms. The van der Waals surface area contributed by atoms with Crippen molar-refractivity contribution in [2.24, 2.45) is 5.41 Å². The van der Waals surface area contributed by atoms with Gasteiger partial charge in [0, 0.05) is 19.2 Å². The van der Waals surface area contributed by atoms with Gasteiger partial charge in [0.15, 0.2) is 0 Å². The second kappa shape index (κ2) is 9.74. The summed E-state index contributed by atoms with van der Waals surface area (Å²) in [6.07, 6.45) is 10.3. The number of fused-ring (bicyclic) bond motifs is 4. The van der Waals surface area contributed by atoms with Crippen LogP contribution in [0.3, 0.4) is 0 Å². The van der Waals surface area contributed by atoms with Gasteiger partial charge in [0.05, 0.1) is 17.2 Å². The molecule has 0 spiro atoms. The van der Waals surface area contributed by atoms with Crippen molar-refractivity contribution >= 4 is 29.5 Å². The van der Waals surface area contributed by atoms with Gasteiger partial charge >= 0.3 is 5.97 Å². The molecule has 9 nitrogen and oxygen atoms in total. The van der Waals surface area contributed by atoms with Gasteiger partial charge in [0.2, 0.25) is 17.6 Å². The number of amides is 3. The Balaban J connectivity index is 0.00000289. The summed E-state index contributed by atoms with van der Waals surface area (Å²) >= 11 is 0. The first-order chi connectivity index (χ1) is 16.3. The number of hydrogen-bond donors (Lipinski definition) is 0. The van der Waals surface area contributed by atoms with Gasteiger partial charge < -0.3 is 19.4 Å². The quantitative estimate of drug-likeness (QED) is 0.436. The highest BCUT2D eigenvalue weighted by molar-refractivity contribution is 6.38. The van der Waals surface area contributed by atoms with Crippen LogP contribution in [0.4, 0.5) is 0 Å². The average molecular weight is 488 g/mol. The van der Waals surface area contributed by atoms with Crippen LogP contribution >= 0.6 is 0 Å². The van der Waals surface area contributed by atoms with Crippen LogP contribution in [0.25, 0.3) is 0 Å². The molecule has 2 aliphatic carbocycles. The van der Waals surface area contributed by atoms with Crippen LogP contribution in [0.5, 0.6) is 0 Å². The van der Waals surface area contributed by atoms with E-state index in [4.69, 9.17) is 4.74 Å². The molecule has 3 heterocycles. The first-order valence-electron chi connectivity index (χ1n) is 12.7. The monoisotopic (exact) mass is 487 g/mol. The van der Waals surface area contributed by atoms with E-state index < -0.39 is 35.2 Å². The normalized spacial score (nSPS) is 27.8. The summed E-state index contributed by atoms with van der Waals surface area (Å²) in [4.78, 5) is 69.9. The number of rotatable bonds is 5. The number of ether oxygens (including phenoxy) is 1. The van der Waals surface area contributed by atoms with Crippen LogP contribution in [0.1, 0.15) is 85.0 Å². The average Bonchev–Trinajstić information content (AvgIpc) is 3.53. The summed E-state index contributed by atoms with van der Waals surface area (Å²) in [5.74, 6) is -2.03. The molecule has 35 heavy (non-hydrogen) atoms. The highest BCUT2D eigenvalue weighted by Crippen LogP contribution is 2.43.